The quantitative estimate of drug-likeness (QED) is 0.422. The molecule has 2 N–H and O–H groups in total. The Labute approximate surface area is 190 Å². The number of hydrogen-bond acceptors (Lipinski definition) is 6. The van der Waals surface area contributed by atoms with Crippen LogP contribution in [0.15, 0.2) is 94.5 Å². The van der Waals surface area contributed by atoms with Crippen LogP contribution >= 0.6 is 0 Å². The van der Waals surface area contributed by atoms with E-state index >= 15 is 4.39 Å². The minimum Gasteiger partial charge on any atom is -0.497 e. The molecule has 1 unspecified atom stereocenters. The number of ether oxygens (including phenoxy) is 2. The molecule has 1 aliphatic rings. The van der Waals surface area contributed by atoms with Gasteiger partial charge < -0.3 is 24.5 Å². The van der Waals surface area contributed by atoms with Crippen LogP contribution in [0.1, 0.15) is 22.9 Å². The summed E-state index contributed by atoms with van der Waals surface area (Å²) in [6.07, 6.45) is 0.938. The summed E-state index contributed by atoms with van der Waals surface area (Å²) in [7, 11) is 1.61. The average molecular weight is 443 g/mol. The van der Waals surface area contributed by atoms with Gasteiger partial charge in [0.2, 0.25) is 5.88 Å². The number of hydrogen-bond donors (Lipinski definition) is 1. The van der Waals surface area contributed by atoms with Gasteiger partial charge in [-0.25, -0.2) is 4.39 Å². The molecular weight excluding hydrogens is 421 g/mol. The highest BCUT2D eigenvalue weighted by molar-refractivity contribution is 6.12. The normalized spacial score (nSPS) is 15.1. The molecule has 0 saturated heterocycles. The van der Waals surface area contributed by atoms with Crippen molar-refractivity contribution >= 4 is 17.4 Å². The minimum atomic E-state index is -0.608. The van der Waals surface area contributed by atoms with Crippen molar-refractivity contribution in [1.82, 2.24) is 0 Å². The first-order valence-corrected chi connectivity index (χ1v) is 10.5. The maximum atomic E-state index is 15.0. The smallest absolute Gasteiger partial charge is 0.227 e. The van der Waals surface area contributed by atoms with Crippen molar-refractivity contribution in [2.45, 2.75) is 12.8 Å². The molecule has 0 aliphatic carbocycles. The molecule has 4 aromatic rings. The van der Waals surface area contributed by atoms with Crippen molar-refractivity contribution in [3.63, 3.8) is 0 Å². The zero-order valence-corrected chi connectivity index (χ0v) is 17.9. The third-order valence-corrected chi connectivity index (χ3v) is 5.49. The number of benzene rings is 3. The number of nitrogens with two attached hydrogens (primary N) is 1. The van der Waals surface area contributed by atoms with Gasteiger partial charge in [0.25, 0.3) is 0 Å². The Kier molecular flexibility index (Phi) is 5.54. The van der Waals surface area contributed by atoms with E-state index < -0.39 is 12.0 Å². The van der Waals surface area contributed by atoms with Crippen LogP contribution < -0.4 is 20.1 Å². The maximum Gasteiger partial charge on any atom is 0.227 e. The molecule has 0 amide bonds. The highest BCUT2D eigenvalue weighted by Crippen LogP contribution is 2.38. The Hall–Kier alpha value is -4.10. The Bertz CT molecular complexity index is 1290. The predicted molar refractivity (Wildman–Crippen MR) is 124 cm³/mol. The van der Waals surface area contributed by atoms with Crippen LogP contribution in [0.25, 0.3) is 0 Å². The second-order valence-electron chi connectivity index (χ2n) is 7.55. The minimum absolute atomic E-state index is 0.167. The largest absolute Gasteiger partial charge is 0.497 e. The van der Waals surface area contributed by atoms with E-state index in [0.29, 0.717) is 17.4 Å². The molecule has 7 heteroatoms. The zero-order valence-electron chi connectivity index (χ0n) is 17.9. The molecule has 166 valence electrons. The molecule has 0 fully saturated rings. The van der Waals surface area contributed by atoms with Gasteiger partial charge in [-0.05, 0) is 48.0 Å². The van der Waals surface area contributed by atoms with Crippen molar-refractivity contribution in [2.75, 3.05) is 12.0 Å². The molecule has 1 aromatic heterocycles. The predicted octanol–water partition coefficient (Wildman–Crippen LogP) is 5.56. The first-order chi connectivity index (χ1) is 16.1. The van der Waals surface area contributed by atoms with Crippen LogP contribution in [0.4, 0.5) is 16.0 Å². The summed E-state index contributed by atoms with van der Waals surface area (Å²) in [6, 6.07) is 23.6. The molecular formula is C26H22FN3O3. The average Bonchev–Trinajstić information content (AvgIpc) is 3.33. The fourth-order valence-electron chi connectivity index (χ4n) is 3.77. The summed E-state index contributed by atoms with van der Waals surface area (Å²) in [5, 5.41) is 0. The first kappa shape index (κ1) is 20.8. The number of nitrogens with zero attached hydrogens (tertiary/aromatic N) is 2. The monoisotopic (exact) mass is 443 g/mol. The van der Waals surface area contributed by atoms with E-state index in [2.05, 4.69) is 4.99 Å². The number of methoxy groups -OCH3 is 1. The fraction of sp³-hybridized carbons (Fsp3) is 0.115. The lowest BCUT2D eigenvalue weighted by molar-refractivity contribution is 0.290. The summed E-state index contributed by atoms with van der Waals surface area (Å²) in [6.45, 7) is 0.275. The Morgan fingerprint density at radius 1 is 1.03 bits per heavy atom. The number of anilines is 1. The number of halogens is 1. The number of aliphatic imine (C=N–C) groups is 1. The van der Waals surface area contributed by atoms with E-state index in [9.17, 15) is 0 Å². The third-order valence-electron chi connectivity index (χ3n) is 5.49. The summed E-state index contributed by atoms with van der Waals surface area (Å²) >= 11 is 0. The number of rotatable bonds is 6. The molecule has 1 aliphatic heterocycles. The van der Waals surface area contributed by atoms with Gasteiger partial charge in [0, 0.05) is 17.3 Å². The summed E-state index contributed by atoms with van der Waals surface area (Å²) in [5.74, 6) is 1.39. The highest BCUT2D eigenvalue weighted by Gasteiger charge is 2.32. The Balaban J connectivity index is 1.48. The molecule has 33 heavy (non-hydrogen) atoms. The van der Waals surface area contributed by atoms with Gasteiger partial charge in [0.1, 0.15) is 24.4 Å². The lowest BCUT2D eigenvalue weighted by Crippen LogP contribution is -2.42. The van der Waals surface area contributed by atoms with Crippen molar-refractivity contribution in [2.24, 2.45) is 10.7 Å². The second-order valence-corrected chi connectivity index (χ2v) is 7.55. The Morgan fingerprint density at radius 2 is 1.82 bits per heavy atom. The number of amidine groups is 1. The molecule has 2 heterocycles. The van der Waals surface area contributed by atoms with Gasteiger partial charge in [0.05, 0.1) is 18.9 Å². The van der Waals surface area contributed by atoms with E-state index in [0.717, 1.165) is 22.4 Å². The molecule has 0 bridgehead atoms. The standard InChI is InChI=1S/C26H22FN3O3/c1-31-20-10-7-18(8-11-20)25-29-26-21(13-14-32-26)24(28)30(25)19-9-12-23(22(27)15-19)33-16-17-5-3-2-4-6-17/h2-15,24H,16,28H2,1H3. The van der Waals surface area contributed by atoms with Gasteiger partial charge in [-0.2, -0.15) is 4.99 Å². The topological polar surface area (TPSA) is 73.2 Å². The van der Waals surface area contributed by atoms with E-state index in [-0.39, 0.29) is 12.4 Å². The summed E-state index contributed by atoms with van der Waals surface area (Å²) < 4.78 is 31.5. The van der Waals surface area contributed by atoms with Crippen molar-refractivity contribution < 1.29 is 18.3 Å². The van der Waals surface area contributed by atoms with Crippen LogP contribution in [0, 0.1) is 5.82 Å². The lowest BCUT2D eigenvalue weighted by atomic mass is 10.1. The molecule has 0 spiro atoms. The van der Waals surface area contributed by atoms with E-state index in [1.54, 1.807) is 36.5 Å². The van der Waals surface area contributed by atoms with Gasteiger partial charge in [0.15, 0.2) is 11.6 Å². The van der Waals surface area contributed by atoms with Crippen LogP contribution in [0.5, 0.6) is 11.5 Å². The SMILES string of the molecule is COc1ccc(C2=Nc3occc3C(N)N2c2ccc(OCc3ccccc3)c(F)c2)cc1. The van der Waals surface area contributed by atoms with Gasteiger partial charge in [-0.3, -0.25) is 0 Å². The van der Waals surface area contributed by atoms with Gasteiger partial charge >= 0.3 is 0 Å². The second kappa shape index (κ2) is 8.80. The molecule has 0 radical (unpaired) electrons. The van der Waals surface area contributed by atoms with Gasteiger partial charge in [-0.15, -0.1) is 0 Å². The molecule has 3 aromatic carbocycles. The molecule has 1 atom stereocenters. The number of fused-ring (bicyclic) bond motifs is 1. The molecule has 0 saturated carbocycles. The van der Waals surface area contributed by atoms with Crippen molar-refractivity contribution in [3.05, 3.63) is 108 Å². The first-order valence-electron chi connectivity index (χ1n) is 10.5. The molecule has 6 nitrogen and oxygen atoms in total. The van der Waals surface area contributed by atoms with Crippen LogP contribution in [0.3, 0.4) is 0 Å². The van der Waals surface area contributed by atoms with Gasteiger partial charge in [-0.1, -0.05) is 30.3 Å². The van der Waals surface area contributed by atoms with Crippen molar-refractivity contribution in [1.29, 1.82) is 0 Å². The highest BCUT2D eigenvalue weighted by atomic mass is 19.1. The lowest BCUT2D eigenvalue weighted by Gasteiger charge is -2.34. The van der Waals surface area contributed by atoms with Crippen LogP contribution in [0.2, 0.25) is 0 Å². The van der Waals surface area contributed by atoms with E-state index in [1.165, 1.54) is 6.07 Å². The number of furan rings is 1. The van der Waals surface area contributed by atoms with E-state index in [4.69, 9.17) is 19.6 Å². The summed E-state index contributed by atoms with van der Waals surface area (Å²) in [4.78, 5) is 6.45. The van der Waals surface area contributed by atoms with E-state index in [1.807, 2.05) is 54.6 Å². The maximum absolute atomic E-state index is 15.0. The van der Waals surface area contributed by atoms with Crippen LogP contribution in [-0.4, -0.2) is 12.9 Å². The zero-order chi connectivity index (χ0) is 22.8. The fourth-order valence-corrected chi connectivity index (χ4v) is 3.77. The van der Waals surface area contributed by atoms with Crippen LogP contribution in [-0.2, 0) is 6.61 Å². The Morgan fingerprint density at radius 3 is 2.55 bits per heavy atom. The van der Waals surface area contributed by atoms with Crippen molar-refractivity contribution in [3.8, 4) is 11.5 Å². The molecule has 5 rings (SSSR count). The third kappa shape index (κ3) is 4.06. The summed E-state index contributed by atoms with van der Waals surface area (Å²) in [5.41, 5.74) is 9.60.